The van der Waals surface area contributed by atoms with Crippen molar-refractivity contribution in [3.63, 3.8) is 0 Å². The fourth-order valence-electron chi connectivity index (χ4n) is 1.42. The Hall–Kier alpha value is -1.36. The van der Waals surface area contributed by atoms with E-state index in [-0.39, 0.29) is 21.2 Å². The summed E-state index contributed by atoms with van der Waals surface area (Å²) >= 11 is -0.0147. The molecule has 0 amide bonds. The SMILES string of the molecule is CC(=O)[O-].Cc1ccccc1[I+]c1ccccc1C. The van der Waals surface area contributed by atoms with Gasteiger partial charge in [-0.05, 0) is 32.9 Å². The van der Waals surface area contributed by atoms with Crippen molar-refractivity contribution in [1.82, 2.24) is 0 Å². The number of aryl methyl sites for hydroxylation is 2. The van der Waals surface area contributed by atoms with E-state index in [1.165, 1.54) is 18.3 Å². The monoisotopic (exact) mass is 368 g/mol. The van der Waals surface area contributed by atoms with Gasteiger partial charge < -0.3 is 9.90 Å². The second kappa shape index (κ2) is 7.94. The molecule has 0 heterocycles. The smallest absolute Gasteiger partial charge is 0.358 e. The number of aliphatic carboxylic acids is 1. The van der Waals surface area contributed by atoms with Crippen molar-refractivity contribution in [2.24, 2.45) is 0 Å². The molecule has 2 nitrogen and oxygen atoms in total. The zero-order chi connectivity index (χ0) is 14.3. The minimum atomic E-state index is -1.08. The molecule has 0 unspecified atom stereocenters. The standard InChI is InChI=1S/C14H14I.C2H4O2/c1-11-7-3-5-9-13(11)15-14-10-6-4-8-12(14)2;1-2(3)4/h3-10H,1-2H3;1H3,(H,3,4)/q+1;/p-1. The van der Waals surface area contributed by atoms with Gasteiger partial charge in [-0.3, -0.25) is 0 Å². The number of halogens is 1. The first-order valence-corrected chi connectivity index (χ1v) is 8.10. The quantitative estimate of drug-likeness (QED) is 0.651. The Morgan fingerprint density at radius 2 is 1.21 bits per heavy atom. The van der Waals surface area contributed by atoms with Gasteiger partial charge in [-0.1, -0.05) is 36.4 Å². The van der Waals surface area contributed by atoms with Crippen molar-refractivity contribution in [2.45, 2.75) is 20.8 Å². The van der Waals surface area contributed by atoms with Crippen molar-refractivity contribution < 1.29 is 31.1 Å². The fourth-order valence-corrected chi connectivity index (χ4v) is 4.03. The summed E-state index contributed by atoms with van der Waals surface area (Å²) in [6.07, 6.45) is 0. The lowest BCUT2D eigenvalue weighted by Crippen LogP contribution is -3.62. The molecule has 0 radical (unpaired) electrons. The molecule has 0 saturated carbocycles. The number of benzene rings is 2. The van der Waals surface area contributed by atoms with E-state index < -0.39 is 5.97 Å². The minimum absolute atomic E-state index is 0.0147. The van der Waals surface area contributed by atoms with Gasteiger partial charge >= 0.3 is 21.2 Å². The van der Waals surface area contributed by atoms with Gasteiger partial charge in [0.05, 0.1) is 0 Å². The number of carboxylic acids is 1. The van der Waals surface area contributed by atoms with E-state index in [0.717, 1.165) is 6.92 Å². The molecule has 19 heavy (non-hydrogen) atoms. The molecule has 0 aliphatic heterocycles. The Kier molecular flexibility index (Phi) is 6.56. The predicted molar refractivity (Wildman–Crippen MR) is 70.4 cm³/mol. The van der Waals surface area contributed by atoms with Crippen LogP contribution >= 0.6 is 0 Å². The Bertz CT molecular complexity index is 502. The second-order valence-electron chi connectivity index (χ2n) is 4.08. The molecule has 0 aromatic heterocycles. The molecule has 0 fully saturated rings. The first kappa shape index (κ1) is 15.7. The molecule has 100 valence electrons. The maximum Gasteiger partial charge on any atom is 0.358 e. The highest BCUT2D eigenvalue weighted by atomic mass is 127. The third kappa shape index (κ3) is 5.87. The summed E-state index contributed by atoms with van der Waals surface area (Å²) in [4.78, 5) is 8.89. The highest BCUT2D eigenvalue weighted by molar-refractivity contribution is 5.60. The zero-order valence-corrected chi connectivity index (χ0v) is 13.5. The summed E-state index contributed by atoms with van der Waals surface area (Å²) in [5, 5.41) is 8.89. The van der Waals surface area contributed by atoms with Crippen molar-refractivity contribution >= 4 is 5.97 Å². The van der Waals surface area contributed by atoms with Gasteiger partial charge in [-0.15, -0.1) is 0 Å². The molecule has 2 rings (SSSR count). The second-order valence-corrected chi connectivity index (χ2v) is 6.95. The van der Waals surface area contributed by atoms with Crippen molar-refractivity contribution in [3.05, 3.63) is 66.8 Å². The van der Waals surface area contributed by atoms with E-state index in [4.69, 9.17) is 9.90 Å². The molecular formula is C16H17IO2. The van der Waals surface area contributed by atoms with Gasteiger partial charge in [-0.25, -0.2) is 0 Å². The highest BCUT2D eigenvalue weighted by Crippen LogP contribution is 1.97. The normalized spacial score (nSPS) is 9.42. The van der Waals surface area contributed by atoms with Crippen LogP contribution in [0.15, 0.2) is 48.5 Å². The molecular weight excluding hydrogens is 351 g/mol. The van der Waals surface area contributed by atoms with E-state index in [9.17, 15) is 0 Å². The fraction of sp³-hybridized carbons (Fsp3) is 0.188. The lowest BCUT2D eigenvalue weighted by molar-refractivity contribution is -0.598. The van der Waals surface area contributed by atoms with Crippen LogP contribution in [0.5, 0.6) is 0 Å². The number of hydrogen-bond donors (Lipinski definition) is 0. The summed E-state index contributed by atoms with van der Waals surface area (Å²) in [6, 6.07) is 17.4. The summed E-state index contributed by atoms with van der Waals surface area (Å²) < 4.78 is 3.07. The van der Waals surface area contributed by atoms with Crippen LogP contribution in [0.3, 0.4) is 0 Å². The summed E-state index contributed by atoms with van der Waals surface area (Å²) in [5.41, 5.74) is 2.85. The molecule has 2 aromatic carbocycles. The molecule has 0 N–H and O–H groups in total. The molecule has 2 aromatic rings. The lowest BCUT2D eigenvalue weighted by Gasteiger charge is -1.94. The molecule has 0 aliphatic rings. The summed E-state index contributed by atoms with van der Waals surface area (Å²) in [6.45, 7) is 5.38. The number of hydrogen-bond acceptors (Lipinski definition) is 2. The molecule has 0 atom stereocenters. The van der Waals surface area contributed by atoms with Gasteiger partial charge in [0.2, 0.25) is 0 Å². The van der Waals surface area contributed by atoms with Crippen molar-refractivity contribution in [1.29, 1.82) is 0 Å². The maximum absolute atomic E-state index is 8.89. The molecule has 3 heteroatoms. The minimum Gasteiger partial charge on any atom is -0.550 e. The molecule has 0 bridgehead atoms. The van der Waals surface area contributed by atoms with E-state index in [1.807, 2.05) is 0 Å². The third-order valence-electron chi connectivity index (χ3n) is 2.36. The van der Waals surface area contributed by atoms with Crippen LogP contribution in [0.2, 0.25) is 0 Å². The number of carbonyl (C=O) groups excluding carboxylic acids is 1. The van der Waals surface area contributed by atoms with E-state index in [2.05, 4.69) is 62.4 Å². The predicted octanol–water partition coefficient (Wildman–Crippen LogP) is -0.812. The Labute approximate surface area is 124 Å². The van der Waals surface area contributed by atoms with Crippen LogP contribution in [-0.4, -0.2) is 5.97 Å². The highest BCUT2D eigenvalue weighted by Gasteiger charge is 2.18. The Balaban J connectivity index is 0.000000399. The van der Waals surface area contributed by atoms with E-state index >= 15 is 0 Å². The van der Waals surface area contributed by atoms with Crippen LogP contribution in [0.25, 0.3) is 0 Å². The zero-order valence-electron chi connectivity index (χ0n) is 11.3. The first-order chi connectivity index (χ1) is 9.00. The Morgan fingerprint density at radius 3 is 1.53 bits per heavy atom. The molecule has 0 saturated heterocycles. The number of carbonyl (C=O) groups is 1. The molecule has 0 aliphatic carbocycles. The van der Waals surface area contributed by atoms with Crippen LogP contribution in [0, 0.1) is 21.0 Å². The average Bonchev–Trinajstić information content (AvgIpc) is 2.34. The van der Waals surface area contributed by atoms with Crippen LogP contribution in [-0.2, 0) is 4.79 Å². The van der Waals surface area contributed by atoms with Gasteiger partial charge in [0.25, 0.3) is 0 Å². The number of rotatable bonds is 2. The van der Waals surface area contributed by atoms with Crippen LogP contribution in [0.4, 0.5) is 0 Å². The van der Waals surface area contributed by atoms with E-state index in [0.29, 0.717) is 0 Å². The van der Waals surface area contributed by atoms with Gasteiger partial charge in [0.15, 0.2) is 7.14 Å². The molecule has 0 spiro atoms. The maximum atomic E-state index is 8.89. The summed E-state index contributed by atoms with van der Waals surface area (Å²) in [7, 11) is 0. The van der Waals surface area contributed by atoms with Crippen molar-refractivity contribution in [2.75, 3.05) is 0 Å². The van der Waals surface area contributed by atoms with Gasteiger partial charge in [-0.2, -0.15) is 0 Å². The van der Waals surface area contributed by atoms with Crippen molar-refractivity contribution in [3.8, 4) is 0 Å². The van der Waals surface area contributed by atoms with Gasteiger partial charge in [0.1, 0.15) is 0 Å². The largest absolute Gasteiger partial charge is 0.550 e. The Morgan fingerprint density at radius 1 is 0.895 bits per heavy atom. The lowest BCUT2D eigenvalue weighted by atomic mass is 10.2. The van der Waals surface area contributed by atoms with Crippen LogP contribution in [0.1, 0.15) is 18.1 Å². The third-order valence-corrected chi connectivity index (χ3v) is 5.94. The van der Waals surface area contributed by atoms with E-state index in [1.54, 1.807) is 0 Å². The van der Waals surface area contributed by atoms with Crippen LogP contribution < -0.4 is 26.3 Å². The first-order valence-electron chi connectivity index (χ1n) is 5.94. The summed E-state index contributed by atoms with van der Waals surface area (Å²) in [5.74, 6) is -1.08. The van der Waals surface area contributed by atoms with Gasteiger partial charge in [0, 0.05) is 17.1 Å². The topological polar surface area (TPSA) is 40.1 Å². The average molecular weight is 368 g/mol. The number of carboxylic acid groups (broad SMARTS) is 1.